The van der Waals surface area contributed by atoms with Crippen LogP contribution in [0.4, 0.5) is 0 Å². The Morgan fingerprint density at radius 3 is 1.97 bits per heavy atom. The molecule has 0 spiro atoms. The van der Waals surface area contributed by atoms with Crippen LogP contribution in [0.1, 0.15) is 99.3 Å². The van der Waals surface area contributed by atoms with E-state index in [0.29, 0.717) is 0 Å². The zero-order valence-corrected chi connectivity index (χ0v) is 21.3. The van der Waals surface area contributed by atoms with Gasteiger partial charge in [0.2, 0.25) is 0 Å². The molecule has 0 N–H and O–H groups in total. The van der Waals surface area contributed by atoms with Crippen molar-refractivity contribution in [3.05, 3.63) is 33.4 Å². The van der Waals surface area contributed by atoms with Crippen LogP contribution in [0.5, 0.6) is 0 Å². The second-order valence-electron chi connectivity index (χ2n) is 8.72. The highest BCUT2D eigenvalue weighted by Crippen LogP contribution is 2.58. The molecule has 5 heteroatoms. The van der Waals surface area contributed by atoms with Crippen molar-refractivity contribution in [2.24, 2.45) is 0 Å². The minimum atomic E-state index is 0.0396. The van der Waals surface area contributed by atoms with Crippen molar-refractivity contribution in [2.75, 3.05) is 0 Å². The Kier molecular flexibility index (Phi) is 7.11. The van der Waals surface area contributed by atoms with E-state index in [4.69, 9.17) is 9.97 Å². The van der Waals surface area contributed by atoms with Gasteiger partial charge >= 0.3 is 0 Å². The van der Waals surface area contributed by atoms with Gasteiger partial charge in [0.1, 0.15) is 5.01 Å². The molecule has 3 aromatic heterocycles. The lowest BCUT2D eigenvalue weighted by Crippen LogP contribution is -2.27. The van der Waals surface area contributed by atoms with Crippen LogP contribution < -0.4 is 0 Å². The molecule has 0 unspecified atom stereocenters. The summed E-state index contributed by atoms with van der Waals surface area (Å²) in [5, 5.41) is 2.42. The maximum absolute atomic E-state index is 5.34. The quantitative estimate of drug-likeness (QED) is 0.268. The van der Waals surface area contributed by atoms with Gasteiger partial charge in [-0.1, -0.05) is 65.2 Å². The third kappa shape index (κ3) is 4.18. The van der Waals surface area contributed by atoms with Crippen molar-refractivity contribution in [3.63, 3.8) is 0 Å². The lowest BCUT2D eigenvalue weighted by atomic mass is 9.75. The van der Waals surface area contributed by atoms with Crippen molar-refractivity contribution in [2.45, 2.75) is 97.3 Å². The van der Waals surface area contributed by atoms with Crippen LogP contribution in [0.25, 0.3) is 19.6 Å². The van der Waals surface area contributed by atoms with Gasteiger partial charge in [-0.25, -0.2) is 9.97 Å². The molecule has 0 saturated heterocycles. The van der Waals surface area contributed by atoms with Crippen molar-refractivity contribution in [1.29, 1.82) is 0 Å². The van der Waals surface area contributed by atoms with Crippen molar-refractivity contribution in [3.8, 4) is 19.6 Å². The Morgan fingerprint density at radius 2 is 1.37 bits per heavy atom. The van der Waals surface area contributed by atoms with Crippen LogP contribution in [-0.4, -0.2) is 9.97 Å². The van der Waals surface area contributed by atoms with Crippen LogP contribution in [0, 0.1) is 13.8 Å². The smallest absolute Gasteiger partial charge is 0.134 e. The fourth-order valence-electron chi connectivity index (χ4n) is 4.78. The SMILES string of the molecule is CCCCCCC1(CCCCCC)c2nc(C)sc2-c2sc(-c3ccc(C)s3)nc21. The predicted octanol–water partition coefficient (Wildman–Crippen LogP) is 9.15. The van der Waals surface area contributed by atoms with Crippen molar-refractivity contribution < 1.29 is 0 Å². The van der Waals surface area contributed by atoms with Gasteiger partial charge in [-0.3, -0.25) is 0 Å². The van der Waals surface area contributed by atoms with E-state index in [1.807, 2.05) is 34.0 Å². The molecule has 162 valence electrons. The van der Waals surface area contributed by atoms with E-state index in [2.05, 4.69) is 39.8 Å². The van der Waals surface area contributed by atoms with E-state index < -0.39 is 0 Å². The number of unbranched alkanes of at least 4 members (excludes halogenated alkanes) is 6. The molecule has 2 nitrogen and oxygen atoms in total. The Hall–Kier alpha value is -1.04. The van der Waals surface area contributed by atoms with Gasteiger partial charge in [0, 0.05) is 4.88 Å². The number of thiazole rings is 2. The number of fused-ring (bicyclic) bond motifs is 3. The Bertz CT molecular complexity index is 967. The summed E-state index contributed by atoms with van der Waals surface area (Å²) in [6.45, 7) is 8.95. The third-order valence-corrected chi connectivity index (χ3v) is 9.70. The number of thiophene rings is 1. The van der Waals surface area contributed by atoms with Gasteiger partial charge < -0.3 is 0 Å². The molecule has 1 aliphatic rings. The maximum atomic E-state index is 5.34. The molecular weight excluding hydrogens is 424 g/mol. The second-order valence-corrected chi connectivity index (χ2v) is 12.2. The summed E-state index contributed by atoms with van der Waals surface area (Å²) in [6.07, 6.45) is 12.8. The molecule has 0 fully saturated rings. The first-order chi connectivity index (χ1) is 14.6. The molecule has 0 atom stereocenters. The van der Waals surface area contributed by atoms with Crippen LogP contribution in [0.3, 0.4) is 0 Å². The first kappa shape index (κ1) is 22.2. The highest BCUT2D eigenvalue weighted by Gasteiger charge is 2.48. The van der Waals surface area contributed by atoms with E-state index in [1.165, 1.54) is 105 Å². The number of rotatable bonds is 11. The molecule has 0 saturated carbocycles. The molecular formula is C25H34N2S3. The standard InChI is InChI=1S/C25H34N2S3/c1-5-7-9-11-15-25(16-12-10-8-6-2)22-20(29-18(4)26-22)21-23(25)27-24(30-21)19-14-13-17(3)28-19/h13-14H,5-12,15-16H2,1-4H3. The summed E-state index contributed by atoms with van der Waals surface area (Å²) in [6, 6.07) is 4.47. The maximum Gasteiger partial charge on any atom is 0.134 e. The largest absolute Gasteiger partial charge is 0.245 e. The van der Waals surface area contributed by atoms with E-state index in [1.54, 1.807) is 0 Å². The lowest BCUT2D eigenvalue weighted by Gasteiger charge is -2.29. The number of hydrogen-bond acceptors (Lipinski definition) is 5. The van der Waals surface area contributed by atoms with Gasteiger partial charge in [-0.05, 0) is 38.8 Å². The summed E-state index contributed by atoms with van der Waals surface area (Å²) in [4.78, 5) is 16.0. The summed E-state index contributed by atoms with van der Waals surface area (Å²) in [7, 11) is 0. The summed E-state index contributed by atoms with van der Waals surface area (Å²) >= 11 is 5.66. The average molecular weight is 459 g/mol. The zero-order chi connectivity index (χ0) is 21.1. The minimum absolute atomic E-state index is 0.0396. The zero-order valence-electron chi connectivity index (χ0n) is 18.8. The second kappa shape index (κ2) is 9.62. The van der Waals surface area contributed by atoms with E-state index in [-0.39, 0.29) is 5.41 Å². The third-order valence-electron chi connectivity index (χ3n) is 6.34. The van der Waals surface area contributed by atoms with E-state index in [0.717, 1.165) is 0 Å². The number of aromatic nitrogens is 2. The highest BCUT2D eigenvalue weighted by atomic mass is 32.1. The normalized spacial score (nSPS) is 14.3. The first-order valence-corrected chi connectivity index (χ1v) is 14.1. The highest BCUT2D eigenvalue weighted by molar-refractivity contribution is 7.26. The number of aryl methyl sites for hydroxylation is 2. The molecule has 0 aliphatic heterocycles. The fourth-order valence-corrected chi connectivity index (χ4v) is 8.01. The molecule has 0 bridgehead atoms. The van der Waals surface area contributed by atoms with Crippen molar-refractivity contribution >= 4 is 34.0 Å². The van der Waals surface area contributed by atoms with Gasteiger partial charge in [0.15, 0.2) is 0 Å². The van der Waals surface area contributed by atoms with Crippen LogP contribution in [0.15, 0.2) is 12.1 Å². The van der Waals surface area contributed by atoms with E-state index in [9.17, 15) is 0 Å². The molecule has 0 aromatic carbocycles. The summed E-state index contributed by atoms with van der Waals surface area (Å²) in [5.74, 6) is 0. The summed E-state index contributed by atoms with van der Waals surface area (Å²) in [5.41, 5.74) is 2.76. The lowest BCUT2D eigenvalue weighted by molar-refractivity contribution is 0.386. The number of hydrogen-bond donors (Lipinski definition) is 0. The minimum Gasteiger partial charge on any atom is -0.245 e. The predicted molar refractivity (Wildman–Crippen MR) is 134 cm³/mol. The van der Waals surface area contributed by atoms with Crippen LogP contribution in [-0.2, 0) is 5.41 Å². The summed E-state index contributed by atoms with van der Waals surface area (Å²) < 4.78 is 0. The molecule has 1 aliphatic carbocycles. The molecule has 0 radical (unpaired) electrons. The Balaban J connectivity index is 1.74. The molecule has 4 rings (SSSR count). The van der Waals surface area contributed by atoms with Gasteiger partial charge in [0.25, 0.3) is 0 Å². The van der Waals surface area contributed by atoms with Crippen molar-refractivity contribution in [1.82, 2.24) is 9.97 Å². The van der Waals surface area contributed by atoms with Gasteiger partial charge in [0.05, 0.1) is 36.4 Å². The first-order valence-electron chi connectivity index (χ1n) is 11.7. The monoisotopic (exact) mass is 458 g/mol. The topological polar surface area (TPSA) is 25.8 Å². The van der Waals surface area contributed by atoms with Gasteiger partial charge in [-0.2, -0.15) is 0 Å². The van der Waals surface area contributed by atoms with Gasteiger partial charge in [-0.15, -0.1) is 34.0 Å². The fraction of sp³-hybridized carbons (Fsp3) is 0.600. The van der Waals surface area contributed by atoms with Crippen LogP contribution >= 0.6 is 34.0 Å². The Labute approximate surface area is 193 Å². The molecule has 0 amide bonds. The number of nitrogens with zero attached hydrogens (tertiary/aromatic N) is 2. The molecule has 30 heavy (non-hydrogen) atoms. The molecule has 3 aromatic rings. The average Bonchev–Trinajstić information content (AvgIpc) is 3.47. The Morgan fingerprint density at radius 1 is 0.733 bits per heavy atom. The van der Waals surface area contributed by atoms with E-state index >= 15 is 0 Å². The van der Waals surface area contributed by atoms with Crippen LogP contribution in [0.2, 0.25) is 0 Å². The molecule has 3 heterocycles.